The number of aryl methyl sites for hydroxylation is 1. The maximum absolute atomic E-state index is 12.9. The van der Waals surface area contributed by atoms with Gasteiger partial charge in [0.15, 0.2) is 0 Å². The summed E-state index contributed by atoms with van der Waals surface area (Å²) in [7, 11) is -0.873. The Bertz CT molecular complexity index is 1010. The lowest BCUT2D eigenvalue weighted by Crippen LogP contribution is -2.33. The monoisotopic (exact) mass is 416 g/mol. The molecule has 0 unspecified atom stereocenters. The van der Waals surface area contributed by atoms with Crippen molar-refractivity contribution in [1.29, 1.82) is 0 Å². The van der Waals surface area contributed by atoms with E-state index >= 15 is 0 Å². The highest BCUT2D eigenvalue weighted by Gasteiger charge is 2.31. The summed E-state index contributed by atoms with van der Waals surface area (Å²) in [4.78, 5) is 25.5. The van der Waals surface area contributed by atoms with Crippen LogP contribution in [0.1, 0.15) is 40.4 Å². The second-order valence-electron chi connectivity index (χ2n) is 7.24. The van der Waals surface area contributed by atoms with Gasteiger partial charge in [-0.1, -0.05) is 36.4 Å². The van der Waals surface area contributed by atoms with E-state index in [1.807, 2.05) is 0 Å². The fourth-order valence-corrected chi connectivity index (χ4v) is 3.70. The zero-order valence-electron chi connectivity index (χ0n) is 16.6. The SMILES string of the molecule is Cc1ccc(S(=O)(=O)N(C)C)cc1C(=O)O[C@@H](C(=O)NC1CC1)c1ccccc1. The summed E-state index contributed by atoms with van der Waals surface area (Å²) < 4.78 is 31.5. The first-order valence-electron chi connectivity index (χ1n) is 9.29. The molecular formula is C21H24N2O5S. The Morgan fingerprint density at radius 1 is 1.10 bits per heavy atom. The van der Waals surface area contributed by atoms with Gasteiger partial charge in [0.1, 0.15) is 0 Å². The molecule has 0 heterocycles. The lowest BCUT2D eigenvalue weighted by atomic mass is 10.1. The van der Waals surface area contributed by atoms with Crippen LogP contribution >= 0.6 is 0 Å². The molecule has 1 amide bonds. The first kappa shape index (κ1) is 21.0. The normalized spacial score (nSPS) is 15.0. The molecule has 0 aliphatic heterocycles. The van der Waals surface area contributed by atoms with Gasteiger partial charge in [-0.15, -0.1) is 0 Å². The number of nitrogens with zero attached hydrogens (tertiary/aromatic N) is 1. The van der Waals surface area contributed by atoms with E-state index in [0.29, 0.717) is 11.1 Å². The number of ether oxygens (including phenoxy) is 1. The van der Waals surface area contributed by atoms with E-state index < -0.39 is 22.1 Å². The van der Waals surface area contributed by atoms with Gasteiger partial charge in [-0.25, -0.2) is 17.5 Å². The Labute approximate surface area is 170 Å². The maximum atomic E-state index is 12.9. The predicted molar refractivity (Wildman–Crippen MR) is 108 cm³/mol. The Morgan fingerprint density at radius 2 is 1.76 bits per heavy atom. The van der Waals surface area contributed by atoms with Crippen LogP contribution in [0.2, 0.25) is 0 Å². The molecule has 1 aliphatic carbocycles. The van der Waals surface area contributed by atoms with Gasteiger partial charge in [0.25, 0.3) is 5.91 Å². The highest BCUT2D eigenvalue weighted by atomic mass is 32.2. The van der Waals surface area contributed by atoms with Gasteiger partial charge in [-0.3, -0.25) is 4.79 Å². The molecule has 3 rings (SSSR count). The van der Waals surface area contributed by atoms with E-state index in [1.54, 1.807) is 43.3 Å². The Morgan fingerprint density at radius 3 is 2.34 bits per heavy atom. The van der Waals surface area contributed by atoms with Gasteiger partial charge >= 0.3 is 5.97 Å². The summed E-state index contributed by atoms with van der Waals surface area (Å²) in [6.07, 6.45) is 0.702. The second-order valence-corrected chi connectivity index (χ2v) is 9.39. The van der Waals surface area contributed by atoms with E-state index in [2.05, 4.69) is 5.32 Å². The number of benzene rings is 2. The van der Waals surface area contributed by atoms with Gasteiger partial charge in [0.2, 0.25) is 16.1 Å². The number of amides is 1. The van der Waals surface area contributed by atoms with Crippen LogP contribution in [0, 0.1) is 6.92 Å². The second kappa shape index (κ2) is 8.34. The number of carbonyl (C=O) groups excluding carboxylic acids is 2. The maximum Gasteiger partial charge on any atom is 0.339 e. The first-order valence-corrected chi connectivity index (χ1v) is 10.7. The molecule has 7 nitrogen and oxygen atoms in total. The topological polar surface area (TPSA) is 92.8 Å². The van der Waals surface area contributed by atoms with Gasteiger partial charge in [-0.05, 0) is 37.5 Å². The van der Waals surface area contributed by atoms with Crippen molar-refractivity contribution >= 4 is 21.9 Å². The molecule has 1 aliphatic rings. The van der Waals surface area contributed by atoms with Crippen molar-refractivity contribution in [1.82, 2.24) is 9.62 Å². The quantitative estimate of drug-likeness (QED) is 0.700. The van der Waals surface area contributed by atoms with Crippen molar-refractivity contribution in [2.24, 2.45) is 0 Å². The van der Waals surface area contributed by atoms with Crippen molar-refractivity contribution in [2.75, 3.05) is 14.1 Å². The fourth-order valence-electron chi connectivity index (χ4n) is 2.77. The van der Waals surface area contributed by atoms with Crippen LogP contribution in [-0.4, -0.2) is 44.7 Å². The summed E-state index contributed by atoms with van der Waals surface area (Å²) in [5.41, 5.74) is 1.21. The molecule has 8 heteroatoms. The number of nitrogens with one attached hydrogen (secondary N) is 1. The highest BCUT2D eigenvalue weighted by molar-refractivity contribution is 7.89. The van der Waals surface area contributed by atoms with Crippen LogP contribution in [0.25, 0.3) is 0 Å². The zero-order valence-corrected chi connectivity index (χ0v) is 17.4. The molecule has 29 heavy (non-hydrogen) atoms. The number of sulfonamides is 1. The van der Waals surface area contributed by atoms with E-state index in [4.69, 9.17) is 4.74 Å². The minimum atomic E-state index is -3.71. The summed E-state index contributed by atoms with van der Waals surface area (Å²) in [5, 5.41) is 2.86. The molecule has 1 N–H and O–H groups in total. The van der Waals surface area contributed by atoms with E-state index in [1.165, 1.54) is 26.2 Å². The van der Waals surface area contributed by atoms with Gasteiger partial charge in [-0.2, -0.15) is 0 Å². The fraction of sp³-hybridized carbons (Fsp3) is 0.333. The predicted octanol–water partition coefficient (Wildman–Crippen LogP) is 2.42. The van der Waals surface area contributed by atoms with E-state index in [-0.39, 0.29) is 22.4 Å². The molecule has 2 aromatic rings. The highest BCUT2D eigenvalue weighted by Crippen LogP contribution is 2.25. The number of carbonyl (C=O) groups is 2. The van der Waals surface area contributed by atoms with Crippen molar-refractivity contribution in [3.63, 3.8) is 0 Å². The Balaban J connectivity index is 1.90. The van der Waals surface area contributed by atoms with Gasteiger partial charge < -0.3 is 10.1 Å². The summed E-state index contributed by atoms with van der Waals surface area (Å²) in [6.45, 7) is 1.68. The summed E-state index contributed by atoms with van der Waals surface area (Å²) in [6, 6.07) is 13.1. The van der Waals surface area contributed by atoms with Crippen molar-refractivity contribution < 1.29 is 22.7 Å². The molecular weight excluding hydrogens is 392 g/mol. The van der Waals surface area contributed by atoms with Crippen LogP contribution < -0.4 is 5.32 Å². The molecule has 154 valence electrons. The third-order valence-corrected chi connectivity index (χ3v) is 6.51. The van der Waals surface area contributed by atoms with Crippen LogP contribution in [0.5, 0.6) is 0 Å². The van der Waals surface area contributed by atoms with Crippen LogP contribution in [0.15, 0.2) is 53.4 Å². The first-order chi connectivity index (χ1) is 13.7. The molecule has 1 fully saturated rings. The van der Waals surface area contributed by atoms with Crippen molar-refractivity contribution in [3.05, 3.63) is 65.2 Å². The third-order valence-electron chi connectivity index (χ3n) is 4.70. The average molecular weight is 416 g/mol. The standard InChI is InChI=1S/C21H24N2O5S/c1-14-9-12-17(29(26,27)23(2)3)13-18(14)21(25)28-19(15-7-5-4-6-8-15)20(24)22-16-10-11-16/h4-9,12-13,16,19H,10-11H2,1-3H3,(H,22,24)/t19-/m1/s1. The van der Waals surface area contributed by atoms with Crippen LogP contribution in [-0.2, 0) is 19.6 Å². The molecule has 0 spiro atoms. The van der Waals surface area contributed by atoms with E-state index in [0.717, 1.165) is 17.1 Å². The Hall–Kier alpha value is -2.71. The summed E-state index contributed by atoms with van der Waals surface area (Å²) >= 11 is 0. The molecule has 0 saturated heterocycles. The van der Waals surface area contributed by atoms with Gasteiger partial charge in [0.05, 0.1) is 10.5 Å². The number of hydrogen-bond donors (Lipinski definition) is 1. The smallest absolute Gasteiger partial charge is 0.339 e. The molecule has 0 aromatic heterocycles. The Kier molecular flexibility index (Phi) is 6.04. The van der Waals surface area contributed by atoms with Crippen LogP contribution in [0.3, 0.4) is 0 Å². The average Bonchev–Trinajstić information content (AvgIpc) is 3.50. The molecule has 0 bridgehead atoms. The largest absolute Gasteiger partial charge is 0.444 e. The number of rotatable bonds is 7. The number of hydrogen-bond acceptors (Lipinski definition) is 5. The lowest BCUT2D eigenvalue weighted by molar-refractivity contribution is -0.130. The lowest BCUT2D eigenvalue weighted by Gasteiger charge is -2.19. The molecule has 1 saturated carbocycles. The minimum absolute atomic E-state index is 0.0151. The number of esters is 1. The molecule has 1 atom stereocenters. The van der Waals surface area contributed by atoms with Gasteiger partial charge in [0, 0.05) is 25.7 Å². The summed E-state index contributed by atoms with van der Waals surface area (Å²) in [5.74, 6) is -1.14. The zero-order chi connectivity index (χ0) is 21.2. The third kappa shape index (κ3) is 4.83. The molecule has 2 aromatic carbocycles. The minimum Gasteiger partial charge on any atom is -0.444 e. The van der Waals surface area contributed by atoms with Crippen molar-refractivity contribution in [2.45, 2.75) is 36.8 Å². The van der Waals surface area contributed by atoms with Crippen molar-refractivity contribution in [3.8, 4) is 0 Å². The van der Waals surface area contributed by atoms with E-state index in [9.17, 15) is 18.0 Å². The van der Waals surface area contributed by atoms with Crippen LogP contribution in [0.4, 0.5) is 0 Å². The molecule has 0 radical (unpaired) electrons.